The molecule has 2 aromatic rings. The molecule has 4 atom stereocenters. The number of piperidine rings is 1. The first-order valence-corrected chi connectivity index (χ1v) is 14.6. The van der Waals surface area contributed by atoms with Gasteiger partial charge in [0.25, 0.3) is 0 Å². The molecule has 2 saturated carbocycles. The summed E-state index contributed by atoms with van der Waals surface area (Å²) < 4.78 is 23.3. The summed E-state index contributed by atoms with van der Waals surface area (Å²) in [4.78, 5) is 37.4. The Hall–Kier alpha value is -3.59. The third-order valence-electron chi connectivity index (χ3n) is 9.40. The molecule has 9 nitrogen and oxygen atoms in total. The molecule has 3 heterocycles. The second-order valence-corrected chi connectivity index (χ2v) is 11.9. The fourth-order valence-corrected chi connectivity index (χ4v) is 7.76. The van der Waals surface area contributed by atoms with Gasteiger partial charge in [-0.1, -0.05) is 6.07 Å². The standard InChI is InChI=1S/C24H29NO5.C8H9NO2/c1-14(26)28-18-8-7-17-12-19-24(30-15(2)27)9-3-4-20-23(24,21(17)22(18)29-20)10-11-25(19)13-16-5-6-16;1-9-8(10)3-2-7-4-5-11-6-7/h7-8,16,19-20H,3-6,9-13H2,1-2H3;2-6H,1H3,(H,9,10)/b;3-2+/t19-,20+,23-,24-;/m1./s1. The lowest BCUT2D eigenvalue weighted by molar-refractivity contribution is -0.215. The Morgan fingerprint density at radius 2 is 1.95 bits per heavy atom. The first-order chi connectivity index (χ1) is 19.8. The van der Waals surface area contributed by atoms with E-state index in [4.69, 9.17) is 18.6 Å². The summed E-state index contributed by atoms with van der Waals surface area (Å²) in [6.45, 7) is 5.06. The number of benzene rings is 1. The van der Waals surface area contributed by atoms with Crippen molar-refractivity contribution in [2.24, 2.45) is 5.92 Å². The molecule has 1 aromatic carbocycles. The van der Waals surface area contributed by atoms with Gasteiger partial charge < -0.3 is 23.9 Å². The summed E-state index contributed by atoms with van der Waals surface area (Å²) >= 11 is 0. The van der Waals surface area contributed by atoms with Gasteiger partial charge in [0.1, 0.15) is 11.7 Å². The average molecular weight is 563 g/mol. The van der Waals surface area contributed by atoms with E-state index in [0.29, 0.717) is 11.5 Å². The Labute approximate surface area is 240 Å². The van der Waals surface area contributed by atoms with Crippen molar-refractivity contribution in [2.45, 2.75) is 82.0 Å². The number of rotatable bonds is 6. The van der Waals surface area contributed by atoms with E-state index in [1.54, 1.807) is 31.7 Å². The molecule has 2 bridgehead atoms. The number of nitrogens with one attached hydrogen (secondary N) is 1. The average Bonchev–Trinajstić information content (AvgIpc) is 3.46. The number of nitrogens with zero attached hydrogens (tertiary/aromatic N) is 1. The third kappa shape index (κ3) is 4.74. The maximum atomic E-state index is 12.4. The van der Waals surface area contributed by atoms with Crippen molar-refractivity contribution in [3.05, 3.63) is 53.5 Å². The molecule has 2 aliphatic heterocycles. The minimum absolute atomic E-state index is 0.0399. The molecule has 3 fully saturated rings. The zero-order valence-corrected chi connectivity index (χ0v) is 23.9. The van der Waals surface area contributed by atoms with Crippen molar-refractivity contribution in [3.8, 4) is 11.5 Å². The molecular weight excluding hydrogens is 524 g/mol. The van der Waals surface area contributed by atoms with E-state index < -0.39 is 5.60 Å². The second-order valence-electron chi connectivity index (χ2n) is 11.9. The molecule has 1 amide bonds. The molecule has 1 saturated heterocycles. The zero-order chi connectivity index (χ0) is 28.8. The summed E-state index contributed by atoms with van der Waals surface area (Å²) in [6.07, 6.45) is 13.4. The van der Waals surface area contributed by atoms with Crippen molar-refractivity contribution in [1.29, 1.82) is 0 Å². The van der Waals surface area contributed by atoms with Crippen LogP contribution >= 0.6 is 0 Å². The van der Waals surface area contributed by atoms with Crippen molar-refractivity contribution in [3.63, 3.8) is 0 Å². The lowest BCUT2D eigenvalue weighted by atomic mass is 9.49. The van der Waals surface area contributed by atoms with E-state index in [0.717, 1.165) is 62.2 Å². The minimum atomic E-state index is -0.567. The number of ether oxygens (including phenoxy) is 3. The van der Waals surface area contributed by atoms with Crippen molar-refractivity contribution in [2.75, 3.05) is 20.1 Å². The van der Waals surface area contributed by atoms with E-state index in [1.165, 1.54) is 38.3 Å². The van der Waals surface area contributed by atoms with Gasteiger partial charge >= 0.3 is 11.9 Å². The summed E-state index contributed by atoms with van der Waals surface area (Å²) in [7, 11) is 1.59. The molecule has 3 aliphatic carbocycles. The fourth-order valence-electron chi connectivity index (χ4n) is 7.76. The SMILES string of the molecule is CC(=O)Oc1ccc2c3c1O[C@H]1CCC[C@@]4(OC(C)=O)[C@@H](C2)N(CC2CC2)CC[C@]314.CNC(=O)/C=C/c1ccoc1. The topological polar surface area (TPSA) is 107 Å². The summed E-state index contributed by atoms with van der Waals surface area (Å²) in [6, 6.07) is 5.94. The monoisotopic (exact) mass is 562 g/mol. The van der Waals surface area contributed by atoms with Gasteiger partial charge in [0.15, 0.2) is 11.5 Å². The van der Waals surface area contributed by atoms with Gasteiger partial charge in [0.05, 0.1) is 24.0 Å². The number of furan rings is 1. The highest BCUT2D eigenvalue weighted by atomic mass is 16.6. The maximum Gasteiger partial charge on any atom is 0.308 e. The van der Waals surface area contributed by atoms with Crippen molar-refractivity contribution >= 4 is 23.9 Å². The van der Waals surface area contributed by atoms with E-state index >= 15 is 0 Å². The highest BCUT2D eigenvalue weighted by Gasteiger charge is 2.73. The van der Waals surface area contributed by atoms with Gasteiger partial charge in [0, 0.05) is 44.6 Å². The van der Waals surface area contributed by atoms with Crippen LogP contribution in [0.15, 0.2) is 41.2 Å². The molecule has 1 N–H and O–H groups in total. The van der Waals surface area contributed by atoms with Crippen LogP contribution in [0.25, 0.3) is 6.08 Å². The molecule has 5 aliphatic rings. The molecular formula is C32H38N2O7. The number of carbonyl (C=O) groups is 3. The number of likely N-dealkylation sites (tertiary alicyclic amines) is 1. The van der Waals surface area contributed by atoms with Crippen LogP contribution in [0.5, 0.6) is 11.5 Å². The number of amides is 1. The van der Waals surface area contributed by atoms with E-state index in [2.05, 4.69) is 16.3 Å². The zero-order valence-electron chi connectivity index (χ0n) is 23.9. The van der Waals surface area contributed by atoms with Crippen LogP contribution in [-0.2, 0) is 31.0 Å². The Morgan fingerprint density at radius 3 is 2.63 bits per heavy atom. The summed E-state index contributed by atoms with van der Waals surface area (Å²) in [5.41, 5.74) is 2.38. The lowest BCUT2D eigenvalue weighted by Gasteiger charge is -2.64. The molecule has 41 heavy (non-hydrogen) atoms. The van der Waals surface area contributed by atoms with E-state index in [9.17, 15) is 14.4 Å². The van der Waals surface area contributed by atoms with Crippen LogP contribution in [0.4, 0.5) is 0 Å². The molecule has 9 heteroatoms. The number of hydrogen-bond acceptors (Lipinski definition) is 8. The van der Waals surface area contributed by atoms with Crippen LogP contribution in [0.1, 0.15) is 69.1 Å². The summed E-state index contributed by atoms with van der Waals surface area (Å²) in [5.74, 6) is 1.32. The lowest BCUT2D eigenvalue weighted by Crippen LogP contribution is -2.76. The van der Waals surface area contributed by atoms with Crippen LogP contribution in [0.3, 0.4) is 0 Å². The molecule has 0 unspecified atom stereocenters. The highest BCUT2D eigenvalue weighted by molar-refractivity contribution is 5.91. The van der Waals surface area contributed by atoms with E-state index in [1.807, 2.05) is 6.07 Å². The van der Waals surface area contributed by atoms with Gasteiger partial charge in [0.2, 0.25) is 5.91 Å². The van der Waals surface area contributed by atoms with Crippen LogP contribution in [0, 0.1) is 5.92 Å². The molecule has 1 spiro atoms. The Kier molecular flexibility index (Phi) is 7.18. The first-order valence-electron chi connectivity index (χ1n) is 14.6. The van der Waals surface area contributed by atoms with Gasteiger partial charge in [-0.2, -0.15) is 0 Å². The second kappa shape index (κ2) is 10.7. The Morgan fingerprint density at radius 1 is 1.12 bits per heavy atom. The summed E-state index contributed by atoms with van der Waals surface area (Å²) in [5, 5.41) is 2.47. The third-order valence-corrected chi connectivity index (χ3v) is 9.40. The first kappa shape index (κ1) is 27.6. The number of carbonyl (C=O) groups excluding carboxylic acids is 3. The van der Waals surface area contributed by atoms with Crippen molar-refractivity contribution < 1.29 is 33.0 Å². The van der Waals surface area contributed by atoms with Gasteiger partial charge in [-0.25, -0.2) is 0 Å². The number of esters is 2. The van der Waals surface area contributed by atoms with Crippen molar-refractivity contribution in [1.82, 2.24) is 10.2 Å². The fraction of sp³-hybridized carbons (Fsp3) is 0.531. The maximum absolute atomic E-state index is 12.4. The normalized spacial score (nSPS) is 29.0. The molecule has 1 aromatic heterocycles. The smallest absolute Gasteiger partial charge is 0.308 e. The molecule has 7 rings (SSSR count). The van der Waals surface area contributed by atoms with Gasteiger partial charge in [-0.15, -0.1) is 0 Å². The Bertz CT molecular complexity index is 1360. The number of hydrogen-bond donors (Lipinski definition) is 1. The van der Waals surface area contributed by atoms with Crippen LogP contribution < -0.4 is 14.8 Å². The quantitative estimate of drug-likeness (QED) is 0.318. The predicted octanol–water partition coefficient (Wildman–Crippen LogP) is 4.18. The van der Waals surface area contributed by atoms with Crippen LogP contribution in [-0.4, -0.2) is 60.6 Å². The van der Waals surface area contributed by atoms with E-state index in [-0.39, 0.29) is 35.4 Å². The molecule has 218 valence electrons. The highest BCUT2D eigenvalue weighted by Crippen LogP contribution is 2.66. The Balaban J connectivity index is 0.000000233. The number of likely N-dealkylation sites (N-methyl/N-ethyl adjacent to an activating group) is 1. The van der Waals surface area contributed by atoms with Gasteiger partial charge in [-0.3, -0.25) is 19.3 Å². The largest absolute Gasteiger partial charge is 0.485 e. The minimum Gasteiger partial charge on any atom is -0.485 e. The predicted molar refractivity (Wildman–Crippen MR) is 150 cm³/mol. The molecule has 0 radical (unpaired) electrons. The van der Waals surface area contributed by atoms with Gasteiger partial charge in [-0.05, 0) is 81.2 Å². The van der Waals surface area contributed by atoms with Crippen LogP contribution in [0.2, 0.25) is 0 Å².